The minimum Gasteiger partial charge on any atom is -0.310 e. The molecule has 0 saturated heterocycles. The Balaban J connectivity index is 1.86. The van der Waals surface area contributed by atoms with Gasteiger partial charge in [-0.15, -0.1) is 11.3 Å². The van der Waals surface area contributed by atoms with Crippen molar-refractivity contribution in [3.63, 3.8) is 0 Å². The van der Waals surface area contributed by atoms with E-state index >= 15 is 0 Å². The van der Waals surface area contributed by atoms with Crippen molar-refractivity contribution in [1.82, 2.24) is 20.3 Å². The summed E-state index contributed by atoms with van der Waals surface area (Å²) in [5, 5.41) is 4.62. The highest BCUT2D eigenvalue weighted by molar-refractivity contribution is 7.18. The lowest BCUT2D eigenvalue weighted by Crippen LogP contribution is -2.23. The number of hydrogen-bond acceptors (Lipinski definition) is 5. The smallest absolute Gasteiger partial charge is 0.115 e. The van der Waals surface area contributed by atoms with Crippen LogP contribution in [-0.2, 0) is 6.42 Å². The Labute approximate surface area is 121 Å². The lowest BCUT2D eigenvalue weighted by atomic mass is 10.1. The van der Waals surface area contributed by atoms with Crippen LogP contribution in [0.1, 0.15) is 23.5 Å². The Morgan fingerprint density at radius 1 is 1.20 bits per heavy atom. The third-order valence-corrected chi connectivity index (χ3v) is 4.21. The second-order valence-electron chi connectivity index (χ2n) is 4.56. The van der Waals surface area contributed by atoms with Crippen molar-refractivity contribution in [3.8, 4) is 0 Å². The van der Waals surface area contributed by atoms with Gasteiger partial charge in [0.15, 0.2) is 0 Å². The van der Waals surface area contributed by atoms with Crippen molar-refractivity contribution in [1.29, 1.82) is 0 Å². The molecule has 0 saturated carbocycles. The maximum Gasteiger partial charge on any atom is 0.115 e. The van der Waals surface area contributed by atoms with Crippen molar-refractivity contribution in [2.75, 3.05) is 6.54 Å². The van der Waals surface area contributed by atoms with Gasteiger partial charge in [-0.3, -0.25) is 0 Å². The van der Waals surface area contributed by atoms with Crippen LogP contribution in [0.4, 0.5) is 0 Å². The molecule has 20 heavy (non-hydrogen) atoms. The fourth-order valence-electron chi connectivity index (χ4n) is 2.23. The molecule has 0 aliphatic carbocycles. The van der Waals surface area contributed by atoms with Gasteiger partial charge in [-0.2, -0.15) is 0 Å². The van der Waals surface area contributed by atoms with Gasteiger partial charge in [0, 0.05) is 30.4 Å². The van der Waals surface area contributed by atoms with Gasteiger partial charge in [-0.1, -0.05) is 19.1 Å². The van der Waals surface area contributed by atoms with Crippen molar-refractivity contribution < 1.29 is 0 Å². The van der Waals surface area contributed by atoms with E-state index in [-0.39, 0.29) is 6.04 Å². The van der Waals surface area contributed by atoms with Crippen LogP contribution in [0.5, 0.6) is 0 Å². The molecule has 0 aliphatic heterocycles. The summed E-state index contributed by atoms with van der Waals surface area (Å²) >= 11 is 1.75. The molecule has 0 radical (unpaired) electrons. The number of likely N-dealkylation sites (N-methyl/N-ethyl adjacent to an activating group) is 1. The van der Waals surface area contributed by atoms with Gasteiger partial charge in [0.1, 0.15) is 6.33 Å². The molecule has 5 heteroatoms. The molecule has 2 aromatic heterocycles. The van der Waals surface area contributed by atoms with Crippen LogP contribution in [0.3, 0.4) is 0 Å². The second kappa shape index (κ2) is 6.07. The molecule has 102 valence electrons. The van der Waals surface area contributed by atoms with Crippen LogP contribution < -0.4 is 5.32 Å². The van der Waals surface area contributed by atoms with E-state index < -0.39 is 0 Å². The minimum absolute atomic E-state index is 0.210. The van der Waals surface area contributed by atoms with E-state index in [1.165, 1.54) is 4.70 Å². The topological polar surface area (TPSA) is 50.7 Å². The van der Waals surface area contributed by atoms with E-state index in [0.29, 0.717) is 0 Å². The van der Waals surface area contributed by atoms with E-state index in [1.807, 2.05) is 18.5 Å². The van der Waals surface area contributed by atoms with Gasteiger partial charge < -0.3 is 5.32 Å². The van der Waals surface area contributed by atoms with Crippen LogP contribution in [0, 0.1) is 0 Å². The predicted octanol–water partition coefficient (Wildman–Crippen LogP) is 2.98. The zero-order valence-corrected chi connectivity index (χ0v) is 12.1. The third-order valence-electron chi connectivity index (χ3n) is 3.15. The number of fused-ring (bicyclic) bond motifs is 1. The molecule has 1 aromatic carbocycles. The quantitative estimate of drug-likeness (QED) is 0.782. The largest absolute Gasteiger partial charge is 0.310 e. The molecule has 0 amide bonds. The molecule has 1 unspecified atom stereocenters. The molecule has 0 bridgehead atoms. The van der Waals surface area contributed by atoms with Crippen molar-refractivity contribution in [2.45, 2.75) is 19.4 Å². The highest BCUT2D eigenvalue weighted by Gasteiger charge is 2.14. The molecule has 1 atom stereocenters. The zero-order chi connectivity index (χ0) is 13.8. The Bertz CT molecular complexity index is 647. The van der Waals surface area contributed by atoms with Gasteiger partial charge in [-0.05, 0) is 18.7 Å². The minimum atomic E-state index is 0.210. The first-order valence-electron chi connectivity index (χ1n) is 6.69. The maximum absolute atomic E-state index is 4.70. The van der Waals surface area contributed by atoms with Gasteiger partial charge in [0.05, 0.1) is 15.2 Å². The summed E-state index contributed by atoms with van der Waals surface area (Å²) in [6, 6.07) is 8.46. The highest BCUT2D eigenvalue weighted by atomic mass is 32.1. The van der Waals surface area contributed by atoms with E-state index in [2.05, 4.69) is 40.4 Å². The number of aromatic nitrogens is 3. The molecule has 2 heterocycles. The Hall–Kier alpha value is -1.85. The van der Waals surface area contributed by atoms with Gasteiger partial charge in [0.2, 0.25) is 0 Å². The van der Waals surface area contributed by atoms with E-state index in [0.717, 1.165) is 29.1 Å². The maximum atomic E-state index is 4.70. The Morgan fingerprint density at radius 2 is 2.00 bits per heavy atom. The summed E-state index contributed by atoms with van der Waals surface area (Å²) in [7, 11) is 0. The summed E-state index contributed by atoms with van der Waals surface area (Å²) in [4.78, 5) is 12.9. The second-order valence-corrected chi connectivity index (χ2v) is 5.68. The standard InChI is InChI=1S/C15H16N4S/c1-2-18-13(11-8-16-10-17-9-11)7-15-19-12-5-3-4-6-14(12)20-15/h3-6,8-10,13,18H,2,7H2,1H3. The number of hydrogen-bond donors (Lipinski definition) is 1. The van der Waals surface area contributed by atoms with Crippen LogP contribution >= 0.6 is 11.3 Å². The number of nitrogens with zero attached hydrogens (tertiary/aromatic N) is 3. The van der Waals surface area contributed by atoms with Gasteiger partial charge >= 0.3 is 0 Å². The molecule has 3 aromatic rings. The predicted molar refractivity (Wildman–Crippen MR) is 81.8 cm³/mol. The molecule has 0 spiro atoms. The van der Waals surface area contributed by atoms with Crippen LogP contribution in [0.25, 0.3) is 10.2 Å². The van der Waals surface area contributed by atoms with Crippen LogP contribution in [-0.4, -0.2) is 21.5 Å². The summed E-state index contributed by atoms with van der Waals surface area (Å²) in [5.41, 5.74) is 2.18. The first-order chi connectivity index (χ1) is 9.86. The lowest BCUT2D eigenvalue weighted by Gasteiger charge is -2.15. The summed E-state index contributed by atoms with van der Waals surface area (Å²) in [6.07, 6.45) is 6.16. The van der Waals surface area contributed by atoms with Crippen molar-refractivity contribution >= 4 is 21.6 Å². The van der Waals surface area contributed by atoms with E-state index in [9.17, 15) is 0 Å². The van der Waals surface area contributed by atoms with Crippen molar-refractivity contribution in [2.24, 2.45) is 0 Å². The molecular weight excluding hydrogens is 268 g/mol. The summed E-state index contributed by atoms with van der Waals surface area (Å²) in [6.45, 7) is 3.01. The van der Waals surface area contributed by atoms with E-state index in [4.69, 9.17) is 4.98 Å². The SMILES string of the molecule is CCNC(Cc1nc2ccccc2s1)c1cncnc1. The molecule has 1 N–H and O–H groups in total. The Kier molecular flexibility index (Phi) is 3.99. The summed E-state index contributed by atoms with van der Waals surface area (Å²) < 4.78 is 1.24. The zero-order valence-electron chi connectivity index (χ0n) is 11.3. The fraction of sp³-hybridized carbons (Fsp3) is 0.267. The number of nitrogens with one attached hydrogen (secondary N) is 1. The number of para-hydroxylation sites is 1. The summed E-state index contributed by atoms with van der Waals surface area (Å²) in [5.74, 6) is 0. The third kappa shape index (κ3) is 2.84. The first-order valence-corrected chi connectivity index (χ1v) is 7.51. The molecule has 0 aliphatic rings. The molecule has 4 nitrogen and oxygen atoms in total. The first kappa shape index (κ1) is 13.1. The van der Waals surface area contributed by atoms with Crippen LogP contribution in [0.2, 0.25) is 0 Å². The molecule has 0 fully saturated rings. The van der Waals surface area contributed by atoms with Crippen molar-refractivity contribution in [3.05, 3.63) is 53.6 Å². The number of thiazole rings is 1. The fourth-order valence-corrected chi connectivity index (χ4v) is 3.24. The van der Waals surface area contributed by atoms with Crippen LogP contribution in [0.15, 0.2) is 43.0 Å². The number of rotatable bonds is 5. The molecule has 3 rings (SSSR count). The highest BCUT2D eigenvalue weighted by Crippen LogP contribution is 2.25. The number of benzene rings is 1. The lowest BCUT2D eigenvalue weighted by molar-refractivity contribution is 0.545. The van der Waals surface area contributed by atoms with Gasteiger partial charge in [-0.25, -0.2) is 15.0 Å². The average Bonchev–Trinajstić information content (AvgIpc) is 2.90. The normalized spacial score (nSPS) is 12.7. The monoisotopic (exact) mass is 284 g/mol. The average molecular weight is 284 g/mol. The van der Waals surface area contributed by atoms with E-state index in [1.54, 1.807) is 17.7 Å². The van der Waals surface area contributed by atoms with Gasteiger partial charge in [0.25, 0.3) is 0 Å². The Morgan fingerprint density at radius 3 is 2.75 bits per heavy atom. The molecular formula is C15H16N4S.